The normalized spacial score (nSPS) is 16.4. The fourth-order valence-electron chi connectivity index (χ4n) is 3.40. The highest BCUT2D eigenvalue weighted by Gasteiger charge is 2.22. The molecule has 9 heteroatoms. The van der Waals surface area contributed by atoms with E-state index in [0.29, 0.717) is 12.4 Å². The molecule has 2 aromatic heterocycles. The number of aromatic nitrogens is 3. The van der Waals surface area contributed by atoms with Crippen LogP contribution in [-0.4, -0.2) is 63.5 Å². The number of thiazole rings is 1. The summed E-state index contributed by atoms with van der Waals surface area (Å²) in [6, 6.07) is 9.37. The van der Waals surface area contributed by atoms with Crippen molar-refractivity contribution in [2.75, 3.05) is 37.6 Å². The average Bonchev–Trinajstić information content (AvgIpc) is 3.29. The summed E-state index contributed by atoms with van der Waals surface area (Å²) < 4.78 is 6.22. The summed E-state index contributed by atoms with van der Waals surface area (Å²) in [5, 5.41) is 17.5. The molecule has 3 heterocycles. The van der Waals surface area contributed by atoms with Crippen molar-refractivity contribution >= 4 is 16.5 Å². The van der Waals surface area contributed by atoms with E-state index in [4.69, 9.17) is 4.52 Å². The number of hydrogen-bond donors (Lipinski definition) is 1. The third kappa shape index (κ3) is 4.16. The van der Waals surface area contributed by atoms with E-state index in [1.165, 1.54) is 4.57 Å². The molecule has 1 aromatic carbocycles. The molecule has 1 atom stereocenters. The molecular weight excluding hydrogens is 378 g/mol. The molecule has 0 aliphatic carbocycles. The average molecular weight is 401 g/mol. The third-order valence-electron chi connectivity index (χ3n) is 4.83. The van der Waals surface area contributed by atoms with Crippen LogP contribution >= 0.6 is 11.3 Å². The zero-order chi connectivity index (χ0) is 19.5. The molecule has 0 bridgehead atoms. The van der Waals surface area contributed by atoms with E-state index < -0.39 is 11.9 Å². The molecule has 4 rings (SSSR count). The van der Waals surface area contributed by atoms with Crippen LogP contribution < -0.4 is 10.7 Å². The Morgan fingerprint density at radius 3 is 2.61 bits per heavy atom. The lowest BCUT2D eigenvalue weighted by Gasteiger charge is -2.35. The molecule has 1 aliphatic rings. The van der Waals surface area contributed by atoms with Gasteiger partial charge in [-0.2, -0.15) is 0 Å². The van der Waals surface area contributed by atoms with Crippen LogP contribution in [0.25, 0.3) is 11.4 Å². The molecular formula is C19H23N5O3S. The number of hydrogen-bond acceptors (Lipinski definition) is 8. The van der Waals surface area contributed by atoms with E-state index in [1.807, 2.05) is 37.3 Å². The number of aliphatic hydroxyl groups is 1. The van der Waals surface area contributed by atoms with Crippen molar-refractivity contribution < 1.29 is 9.63 Å². The lowest BCUT2D eigenvalue weighted by Crippen LogP contribution is -2.49. The maximum atomic E-state index is 12.0. The zero-order valence-corrected chi connectivity index (χ0v) is 16.5. The molecule has 1 unspecified atom stereocenters. The monoisotopic (exact) mass is 401 g/mol. The number of benzene rings is 1. The Bertz CT molecular complexity index is 959. The van der Waals surface area contributed by atoms with E-state index in [-0.39, 0.29) is 6.54 Å². The molecule has 0 saturated carbocycles. The van der Waals surface area contributed by atoms with Crippen molar-refractivity contribution in [3.8, 4) is 11.4 Å². The maximum Gasteiger partial charge on any atom is 0.441 e. The van der Waals surface area contributed by atoms with Gasteiger partial charge in [0.25, 0.3) is 0 Å². The lowest BCUT2D eigenvalue weighted by molar-refractivity contribution is 0.0936. The van der Waals surface area contributed by atoms with Gasteiger partial charge in [0, 0.05) is 43.7 Å². The van der Waals surface area contributed by atoms with Crippen LogP contribution in [0.5, 0.6) is 0 Å². The molecule has 1 fully saturated rings. The van der Waals surface area contributed by atoms with Crippen LogP contribution in [-0.2, 0) is 6.54 Å². The van der Waals surface area contributed by atoms with Crippen LogP contribution in [0.1, 0.15) is 5.69 Å². The van der Waals surface area contributed by atoms with Gasteiger partial charge in [0.1, 0.15) is 0 Å². The minimum atomic E-state index is -0.687. The number of rotatable bonds is 6. The van der Waals surface area contributed by atoms with Crippen molar-refractivity contribution in [1.82, 2.24) is 19.6 Å². The van der Waals surface area contributed by atoms with Crippen LogP contribution in [0.4, 0.5) is 5.13 Å². The van der Waals surface area contributed by atoms with Crippen LogP contribution in [0.2, 0.25) is 0 Å². The van der Waals surface area contributed by atoms with E-state index in [9.17, 15) is 9.90 Å². The second-order valence-corrected chi connectivity index (χ2v) is 7.80. The minimum Gasteiger partial charge on any atom is -0.390 e. The summed E-state index contributed by atoms with van der Waals surface area (Å²) in [4.78, 5) is 21.1. The molecule has 0 amide bonds. The van der Waals surface area contributed by atoms with Crippen molar-refractivity contribution in [3.63, 3.8) is 0 Å². The molecule has 0 radical (unpaired) electrons. The van der Waals surface area contributed by atoms with Gasteiger partial charge in [0.05, 0.1) is 18.3 Å². The highest BCUT2D eigenvalue weighted by Crippen LogP contribution is 2.21. The van der Waals surface area contributed by atoms with Gasteiger partial charge >= 0.3 is 5.76 Å². The smallest absolute Gasteiger partial charge is 0.390 e. The lowest BCUT2D eigenvalue weighted by atomic mass is 10.2. The summed E-state index contributed by atoms with van der Waals surface area (Å²) in [6.45, 7) is 6.10. The quantitative estimate of drug-likeness (QED) is 0.669. The third-order valence-corrected chi connectivity index (χ3v) is 5.85. The summed E-state index contributed by atoms with van der Waals surface area (Å²) in [5.41, 5.74) is 1.83. The first kappa shape index (κ1) is 18.9. The Kier molecular flexibility index (Phi) is 5.56. The number of aryl methyl sites for hydroxylation is 1. The van der Waals surface area contributed by atoms with Crippen molar-refractivity contribution in [1.29, 1.82) is 0 Å². The molecule has 1 aliphatic heterocycles. The Morgan fingerprint density at radius 2 is 1.93 bits per heavy atom. The number of aliphatic hydroxyl groups excluding tert-OH is 1. The first-order valence-electron chi connectivity index (χ1n) is 9.29. The van der Waals surface area contributed by atoms with Gasteiger partial charge in [-0.1, -0.05) is 35.5 Å². The molecule has 1 N–H and O–H groups in total. The SMILES string of the molecule is Cc1csc(N2CCN(CC(O)Cn3c(-c4ccccc4)noc3=O)CC2)n1. The highest BCUT2D eigenvalue weighted by atomic mass is 32.1. The second kappa shape index (κ2) is 8.26. The fraction of sp³-hybridized carbons (Fsp3) is 0.421. The van der Waals surface area contributed by atoms with Crippen molar-refractivity contribution in [3.05, 3.63) is 52.0 Å². The minimum absolute atomic E-state index is 0.151. The molecule has 8 nitrogen and oxygen atoms in total. The largest absolute Gasteiger partial charge is 0.441 e. The standard InChI is InChI=1S/C19H23N5O3S/c1-14-13-28-18(20-14)23-9-7-22(8-10-23)11-16(25)12-24-17(21-27-19(24)26)15-5-3-2-4-6-15/h2-6,13,16,25H,7-12H2,1H3. The zero-order valence-electron chi connectivity index (χ0n) is 15.7. The van der Waals surface area contributed by atoms with Gasteiger partial charge in [-0.05, 0) is 6.92 Å². The number of β-amino-alcohol motifs (C(OH)–C–C–N with tert-alkyl or cyclic N) is 1. The topological polar surface area (TPSA) is 87.6 Å². The predicted octanol–water partition coefficient (Wildman–Crippen LogP) is 1.45. The van der Waals surface area contributed by atoms with E-state index in [0.717, 1.165) is 42.6 Å². The first-order valence-corrected chi connectivity index (χ1v) is 10.2. The van der Waals surface area contributed by atoms with Gasteiger partial charge in [-0.25, -0.2) is 9.78 Å². The van der Waals surface area contributed by atoms with Crippen LogP contribution in [0, 0.1) is 6.92 Å². The van der Waals surface area contributed by atoms with Crippen molar-refractivity contribution in [2.24, 2.45) is 0 Å². The molecule has 148 valence electrons. The van der Waals surface area contributed by atoms with Gasteiger partial charge in [-0.3, -0.25) is 14.0 Å². The van der Waals surface area contributed by atoms with Crippen molar-refractivity contribution in [2.45, 2.75) is 19.6 Å². The van der Waals surface area contributed by atoms with Crippen LogP contribution in [0.15, 0.2) is 45.0 Å². The van der Waals surface area contributed by atoms with E-state index >= 15 is 0 Å². The Hall–Kier alpha value is -2.49. The number of anilines is 1. The number of nitrogens with zero attached hydrogens (tertiary/aromatic N) is 5. The molecule has 1 saturated heterocycles. The fourth-order valence-corrected chi connectivity index (χ4v) is 4.26. The summed E-state index contributed by atoms with van der Waals surface area (Å²) in [5.74, 6) is -0.115. The molecule has 3 aromatic rings. The van der Waals surface area contributed by atoms with Gasteiger partial charge < -0.3 is 10.0 Å². The summed E-state index contributed by atoms with van der Waals surface area (Å²) in [7, 11) is 0. The van der Waals surface area contributed by atoms with Gasteiger partial charge in [0.15, 0.2) is 11.0 Å². The van der Waals surface area contributed by atoms with E-state index in [1.54, 1.807) is 11.3 Å². The Morgan fingerprint density at radius 1 is 1.18 bits per heavy atom. The van der Waals surface area contributed by atoms with Gasteiger partial charge in [-0.15, -0.1) is 11.3 Å². The van der Waals surface area contributed by atoms with Gasteiger partial charge in [0.2, 0.25) is 0 Å². The van der Waals surface area contributed by atoms with E-state index in [2.05, 4.69) is 25.3 Å². The summed E-state index contributed by atoms with van der Waals surface area (Å²) in [6.07, 6.45) is -0.687. The number of piperazine rings is 1. The second-order valence-electron chi connectivity index (χ2n) is 6.96. The molecule has 0 spiro atoms. The molecule has 28 heavy (non-hydrogen) atoms. The Labute approximate surface area is 166 Å². The maximum absolute atomic E-state index is 12.0. The predicted molar refractivity (Wildman–Crippen MR) is 108 cm³/mol. The van der Waals surface area contributed by atoms with Crippen LogP contribution in [0.3, 0.4) is 0 Å². The highest BCUT2D eigenvalue weighted by molar-refractivity contribution is 7.13. The Balaban J connectivity index is 1.35. The first-order chi connectivity index (χ1) is 13.6. The summed E-state index contributed by atoms with van der Waals surface area (Å²) >= 11 is 1.67.